The third kappa shape index (κ3) is 2.44. The summed E-state index contributed by atoms with van der Waals surface area (Å²) >= 11 is 0. The molecule has 21 heavy (non-hydrogen) atoms. The summed E-state index contributed by atoms with van der Waals surface area (Å²) in [6.07, 6.45) is 0. The Bertz CT molecular complexity index is 824. The van der Waals surface area contributed by atoms with E-state index in [9.17, 15) is 0 Å². The second-order valence-corrected chi connectivity index (χ2v) is 5.22. The van der Waals surface area contributed by atoms with Gasteiger partial charge in [-0.15, -0.1) is 0 Å². The molecule has 0 fully saturated rings. The van der Waals surface area contributed by atoms with Crippen molar-refractivity contribution in [2.45, 2.75) is 20.8 Å². The number of aromatic nitrogens is 3. The van der Waals surface area contributed by atoms with Gasteiger partial charge < -0.3 is 5.32 Å². The molecule has 0 saturated heterocycles. The van der Waals surface area contributed by atoms with E-state index < -0.39 is 0 Å². The number of rotatable bonds is 2. The van der Waals surface area contributed by atoms with Crippen molar-refractivity contribution < 1.29 is 0 Å². The van der Waals surface area contributed by atoms with E-state index in [1.54, 1.807) is 0 Å². The summed E-state index contributed by atoms with van der Waals surface area (Å²) in [6.45, 7) is 6.03. The molecule has 2 heterocycles. The lowest BCUT2D eigenvalue weighted by molar-refractivity contribution is 1.07. The second-order valence-electron chi connectivity index (χ2n) is 5.22. The van der Waals surface area contributed by atoms with Crippen LogP contribution in [0.3, 0.4) is 0 Å². The van der Waals surface area contributed by atoms with Crippen LogP contribution in [0.1, 0.15) is 17.0 Å². The van der Waals surface area contributed by atoms with Gasteiger partial charge in [0.1, 0.15) is 5.82 Å². The molecule has 1 aromatic carbocycles. The molecule has 0 amide bonds. The Labute approximate surface area is 124 Å². The van der Waals surface area contributed by atoms with Crippen molar-refractivity contribution in [3.63, 3.8) is 0 Å². The predicted octanol–water partition coefficient (Wildman–Crippen LogP) is 3.66. The van der Waals surface area contributed by atoms with Crippen molar-refractivity contribution in [1.29, 1.82) is 0 Å². The van der Waals surface area contributed by atoms with E-state index in [-0.39, 0.29) is 0 Å². The van der Waals surface area contributed by atoms with Crippen LogP contribution in [0.2, 0.25) is 0 Å². The normalized spacial score (nSPS) is 10.9. The van der Waals surface area contributed by atoms with Gasteiger partial charge in [0.15, 0.2) is 5.82 Å². The highest BCUT2D eigenvalue weighted by atomic mass is 15.0. The van der Waals surface area contributed by atoms with Gasteiger partial charge in [0.2, 0.25) is 0 Å². The average molecular weight is 278 g/mol. The highest BCUT2D eigenvalue weighted by Gasteiger charge is 2.09. The van der Waals surface area contributed by atoms with Crippen molar-refractivity contribution in [3.05, 3.63) is 47.3 Å². The van der Waals surface area contributed by atoms with Gasteiger partial charge in [0.05, 0.1) is 5.52 Å². The van der Waals surface area contributed by atoms with Gasteiger partial charge in [-0.3, -0.25) is 4.98 Å². The van der Waals surface area contributed by atoms with E-state index in [0.717, 1.165) is 45.1 Å². The van der Waals surface area contributed by atoms with Crippen LogP contribution < -0.4 is 5.32 Å². The van der Waals surface area contributed by atoms with Crippen molar-refractivity contribution in [3.8, 4) is 11.4 Å². The monoisotopic (exact) mass is 278 g/mol. The van der Waals surface area contributed by atoms with E-state index in [1.165, 1.54) is 0 Å². The minimum Gasteiger partial charge on any atom is -0.373 e. The molecule has 0 radical (unpaired) electrons. The molecule has 2 aromatic heterocycles. The molecule has 4 heteroatoms. The fourth-order valence-corrected chi connectivity index (χ4v) is 2.37. The summed E-state index contributed by atoms with van der Waals surface area (Å²) in [5.74, 6) is 1.62. The van der Waals surface area contributed by atoms with Crippen LogP contribution >= 0.6 is 0 Å². The zero-order valence-corrected chi connectivity index (χ0v) is 12.7. The van der Waals surface area contributed by atoms with Gasteiger partial charge in [-0.1, -0.05) is 6.07 Å². The first-order chi connectivity index (χ1) is 10.1. The molecule has 1 N–H and O–H groups in total. The molecule has 0 aliphatic carbocycles. The fraction of sp³-hybridized carbons (Fsp3) is 0.235. The lowest BCUT2D eigenvalue weighted by Gasteiger charge is -2.10. The van der Waals surface area contributed by atoms with Crippen molar-refractivity contribution in [2.75, 3.05) is 12.4 Å². The van der Waals surface area contributed by atoms with E-state index in [2.05, 4.69) is 32.4 Å². The molecular formula is C17H18N4. The smallest absolute Gasteiger partial charge is 0.161 e. The maximum absolute atomic E-state index is 4.60. The number of hydrogen-bond acceptors (Lipinski definition) is 4. The lowest BCUT2D eigenvalue weighted by atomic mass is 10.1. The fourth-order valence-electron chi connectivity index (χ4n) is 2.37. The first-order valence-electron chi connectivity index (χ1n) is 6.99. The number of anilines is 1. The van der Waals surface area contributed by atoms with Crippen LogP contribution in [-0.4, -0.2) is 22.0 Å². The molecule has 0 unspecified atom stereocenters. The topological polar surface area (TPSA) is 50.7 Å². The zero-order chi connectivity index (χ0) is 15.0. The van der Waals surface area contributed by atoms with Gasteiger partial charge in [-0.2, -0.15) is 0 Å². The maximum Gasteiger partial charge on any atom is 0.161 e. The second kappa shape index (κ2) is 5.13. The Morgan fingerprint density at radius 1 is 0.905 bits per heavy atom. The number of benzene rings is 1. The highest BCUT2D eigenvalue weighted by Crippen LogP contribution is 2.24. The zero-order valence-electron chi connectivity index (χ0n) is 12.7. The largest absolute Gasteiger partial charge is 0.373 e. The van der Waals surface area contributed by atoms with Crippen LogP contribution in [-0.2, 0) is 0 Å². The van der Waals surface area contributed by atoms with Crippen molar-refractivity contribution >= 4 is 16.7 Å². The molecule has 3 aromatic rings. The standard InChI is InChI=1S/C17H18N4/c1-10-5-6-13-9-14(7-8-15(13)19-10)17-20-12(3)11(2)16(18-4)21-17/h5-9H,1-4H3,(H,18,20,21). The van der Waals surface area contributed by atoms with E-state index in [4.69, 9.17) is 0 Å². The molecule has 0 aliphatic rings. The number of aryl methyl sites for hydroxylation is 2. The van der Waals surface area contributed by atoms with Gasteiger partial charge in [-0.25, -0.2) is 9.97 Å². The van der Waals surface area contributed by atoms with Gasteiger partial charge in [-0.05, 0) is 45.0 Å². The van der Waals surface area contributed by atoms with E-state index in [0.29, 0.717) is 0 Å². The molecular weight excluding hydrogens is 260 g/mol. The molecule has 0 atom stereocenters. The summed E-state index contributed by atoms with van der Waals surface area (Å²) in [4.78, 5) is 13.7. The van der Waals surface area contributed by atoms with E-state index in [1.807, 2.05) is 46.0 Å². The van der Waals surface area contributed by atoms with E-state index >= 15 is 0 Å². The van der Waals surface area contributed by atoms with Crippen LogP contribution in [0.5, 0.6) is 0 Å². The quantitative estimate of drug-likeness (QED) is 0.777. The van der Waals surface area contributed by atoms with Gasteiger partial charge >= 0.3 is 0 Å². The number of nitrogens with one attached hydrogen (secondary N) is 1. The lowest BCUT2D eigenvalue weighted by Crippen LogP contribution is -2.02. The maximum atomic E-state index is 4.60. The summed E-state index contributed by atoms with van der Waals surface area (Å²) in [5, 5.41) is 4.23. The summed E-state index contributed by atoms with van der Waals surface area (Å²) in [6, 6.07) is 10.2. The summed E-state index contributed by atoms with van der Waals surface area (Å²) < 4.78 is 0. The Kier molecular flexibility index (Phi) is 3.29. The molecule has 3 rings (SSSR count). The van der Waals surface area contributed by atoms with Crippen LogP contribution in [0.15, 0.2) is 30.3 Å². The Hall–Kier alpha value is -2.49. The van der Waals surface area contributed by atoms with Crippen LogP contribution in [0, 0.1) is 20.8 Å². The minimum atomic E-state index is 0.741. The van der Waals surface area contributed by atoms with Crippen LogP contribution in [0.4, 0.5) is 5.82 Å². The first-order valence-corrected chi connectivity index (χ1v) is 6.99. The summed E-state index contributed by atoms with van der Waals surface area (Å²) in [5.41, 5.74) is 5.10. The Balaban J connectivity index is 2.16. The van der Waals surface area contributed by atoms with Gasteiger partial charge in [0, 0.05) is 34.9 Å². The van der Waals surface area contributed by atoms with Crippen molar-refractivity contribution in [2.24, 2.45) is 0 Å². The van der Waals surface area contributed by atoms with Gasteiger partial charge in [0.25, 0.3) is 0 Å². The average Bonchev–Trinajstić information content (AvgIpc) is 2.49. The number of nitrogens with zero attached hydrogens (tertiary/aromatic N) is 3. The predicted molar refractivity (Wildman–Crippen MR) is 86.5 cm³/mol. The molecule has 106 valence electrons. The Morgan fingerprint density at radius 2 is 1.71 bits per heavy atom. The third-order valence-electron chi connectivity index (χ3n) is 3.71. The third-order valence-corrected chi connectivity index (χ3v) is 3.71. The number of fused-ring (bicyclic) bond motifs is 1. The molecule has 4 nitrogen and oxygen atoms in total. The first kappa shape index (κ1) is 13.5. The van der Waals surface area contributed by atoms with Crippen LogP contribution in [0.25, 0.3) is 22.3 Å². The highest BCUT2D eigenvalue weighted by molar-refractivity contribution is 5.83. The molecule has 0 spiro atoms. The molecule has 0 bridgehead atoms. The molecule has 0 saturated carbocycles. The number of hydrogen-bond donors (Lipinski definition) is 1. The SMILES string of the molecule is CNc1nc(-c2ccc3nc(C)ccc3c2)nc(C)c1C. The van der Waals surface area contributed by atoms with Crippen molar-refractivity contribution in [1.82, 2.24) is 15.0 Å². The molecule has 0 aliphatic heterocycles. The summed E-state index contributed by atoms with van der Waals surface area (Å²) in [7, 11) is 1.88. The minimum absolute atomic E-state index is 0.741. The number of pyridine rings is 1. The Morgan fingerprint density at radius 3 is 2.48 bits per heavy atom.